The van der Waals surface area contributed by atoms with Crippen LogP contribution in [0.4, 0.5) is 28.7 Å². The summed E-state index contributed by atoms with van der Waals surface area (Å²) in [4.78, 5) is 1.94. The number of aromatic nitrogens is 2. The molecule has 0 spiro atoms. The largest absolute Gasteiger partial charge is 0.506 e. The van der Waals surface area contributed by atoms with Gasteiger partial charge in [-0.25, -0.2) is 9.13 Å². The summed E-state index contributed by atoms with van der Waals surface area (Å²) in [6, 6.07) is 9.33. The van der Waals surface area contributed by atoms with Gasteiger partial charge in [0, 0.05) is 44.1 Å². The van der Waals surface area contributed by atoms with Crippen LogP contribution in [-0.2, 0) is 14.1 Å². The molecule has 164 valence electrons. The van der Waals surface area contributed by atoms with Crippen LogP contribution in [0.5, 0.6) is 11.5 Å². The van der Waals surface area contributed by atoms with Crippen molar-refractivity contribution in [3.05, 3.63) is 48.3 Å². The van der Waals surface area contributed by atoms with Crippen molar-refractivity contribution in [2.75, 3.05) is 43.6 Å². The van der Waals surface area contributed by atoms with Crippen LogP contribution in [0, 0.1) is 6.92 Å². The van der Waals surface area contributed by atoms with Gasteiger partial charge in [-0.1, -0.05) is 5.11 Å². The summed E-state index contributed by atoms with van der Waals surface area (Å²) >= 11 is 0. The van der Waals surface area contributed by atoms with Crippen molar-refractivity contribution in [2.24, 2.45) is 24.3 Å². The van der Waals surface area contributed by atoms with Gasteiger partial charge in [0.05, 0.1) is 45.0 Å². The van der Waals surface area contributed by atoms with Crippen molar-refractivity contribution in [1.29, 1.82) is 0 Å². The van der Waals surface area contributed by atoms with E-state index in [1.54, 1.807) is 18.2 Å². The zero-order valence-corrected chi connectivity index (χ0v) is 19.1. The highest BCUT2D eigenvalue weighted by atomic mass is 16.5. The van der Waals surface area contributed by atoms with E-state index in [1.165, 1.54) is 0 Å². The average Bonchev–Trinajstić information content (AvgIpc) is 3.05. The number of hydrogen-bond donors (Lipinski definition) is 2. The van der Waals surface area contributed by atoms with Crippen LogP contribution < -0.4 is 24.6 Å². The third-order valence-corrected chi connectivity index (χ3v) is 5.04. The van der Waals surface area contributed by atoms with Crippen LogP contribution in [-0.4, -0.2) is 37.9 Å². The molecule has 0 unspecified atom stereocenters. The predicted molar refractivity (Wildman–Crippen MR) is 123 cm³/mol. The lowest BCUT2D eigenvalue weighted by Crippen LogP contribution is -2.25. The molecule has 0 aliphatic heterocycles. The molecule has 2 N–H and O–H groups in total. The average molecular weight is 425 g/mol. The topological polar surface area (TPSA) is 81.5 Å². The number of phenols is 1. The number of aromatic hydroxyl groups is 1. The molecule has 0 bridgehead atoms. The molecule has 0 amide bonds. The highest BCUT2D eigenvalue weighted by molar-refractivity contribution is 5.70. The third-order valence-electron chi connectivity index (χ3n) is 5.04. The first-order chi connectivity index (χ1) is 14.7. The van der Waals surface area contributed by atoms with Crippen LogP contribution in [0.1, 0.15) is 5.56 Å². The molecule has 0 saturated heterocycles. The molecule has 9 heteroatoms. The van der Waals surface area contributed by atoms with E-state index in [0.29, 0.717) is 17.1 Å². The molecule has 31 heavy (non-hydrogen) atoms. The van der Waals surface area contributed by atoms with Gasteiger partial charge in [0.1, 0.15) is 17.2 Å². The fraction of sp³-hybridized carbons (Fsp3) is 0.318. The normalized spacial score (nSPS) is 11.1. The highest BCUT2D eigenvalue weighted by Gasteiger charge is 2.15. The number of nitrogens with zero attached hydrogens (tertiary/aromatic N) is 6. The zero-order chi connectivity index (χ0) is 22.7. The van der Waals surface area contributed by atoms with E-state index in [9.17, 15) is 5.11 Å². The molecule has 0 aliphatic carbocycles. The van der Waals surface area contributed by atoms with Crippen molar-refractivity contribution >= 4 is 28.7 Å². The van der Waals surface area contributed by atoms with Crippen LogP contribution in [0.3, 0.4) is 0 Å². The van der Waals surface area contributed by atoms with Gasteiger partial charge in [0.25, 0.3) is 0 Å². The number of phenolic OH excluding ortho intramolecular Hbond substituents is 1. The van der Waals surface area contributed by atoms with Crippen LogP contribution in [0.2, 0.25) is 0 Å². The second-order valence-electron chi connectivity index (χ2n) is 7.60. The summed E-state index contributed by atoms with van der Waals surface area (Å²) < 4.78 is 9.32. The highest BCUT2D eigenvalue weighted by Crippen LogP contribution is 2.36. The first-order valence-corrected chi connectivity index (χ1v) is 9.83. The van der Waals surface area contributed by atoms with Gasteiger partial charge in [-0.2, -0.15) is 0 Å². The standard InChI is InChI=1S/C22H29N7O2/c1-15-12-18(23-24-22-27(4)10-11-28(22)5)21(31-7)14-17(15)25-29(6)19-9-8-16(26(2)3)13-20(19)30/h8-14,30H,1-7H3/p+1. The fourth-order valence-electron chi connectivity index (χ4n) is 3.17. The molecule has 9 nitrogen and oxygen atoms in total. The van der Waals surface area contributed by atoms with Crippen molar-refractivity contribution < 1.29 is 14.4 Å². The molecule has 0 radical (unpaired) electrons. The molecule has 1 heterocycles. The van der Waals surface area contributed by atoms with E-state index in [2.05, 4.69) is 15.7 Å². The number of aryl methyl sites for hydroxylation is 3. The van der Waals surface area contributed by atoms with E-state index >= 15 is 0 Å². The molecular formula is C22H30N7O2+. The number of rotatable bonds is 7. The van der Waals surface area contributed by atoms with Gasteiger partial charge in [-0.3, -0.25) is 10.4 Å². The van der Waals surface area contributed by atoms with Gasteiger partial charge in [0.15, 0.2) is 0 Å². The van der Waals surface area contributed by atoms with E-state index in [4.69, 9.17) is 4.74 Å². The van der Waals surface area contributed by atoms with Gasteiger partial charge >= 0.3 is 5.95 Å². The third kappa shape index (κ3) is 4.71. The Morgan fingerprint density at radius 1 is 1.13 bits per heavy atom. The van der Waals surface area contributed by atoms with Crippen LogP contribution in [0.25, 0.3) is 0 Å². The lowest BCUT2D eigenvalue weighted by molar-refractivity contribution is -0.657. The molecule has 2 aromatic carbocycles. The summed E-state index contributed by atoms with van der Waals surface area (Å²) in [7, 11) is 11.1. The number of ether oxygens (including phenoxy) is 1. The monoisotopic (exact) mass is 424 g/mol. The summed E-state index contributed by atoms with van der Waals surface area (Å²) in [5, 5.41) is 21.0. The Hall–Kier alpha value is -3.75. The smallest absolute Gasteiger partial charge is 0.421 e. The molecular weight excluding hydrogens is 394 g/mol. The maximum atomic E-state index is 10.4. The van der Waals surface area contributed by atoms with Crippen molar-refractivity contribution in [3.8, 4) is 11.5 Å². The number of hydrogen-bond acceptors (Lipinski definition) is 7. The number of imidazole rings is 1. The maximum Gasteiger partial charge on any atom is 0.421 e. The van der Waals surface area contributed by atoms with E-state index < -0.39 is 0 Å². The number of benzene rings is 2. The van der Waals surface area contributed by atoms with E-state index in [0.717, 1.165) is 22.9 Å². The number of nitrogens with one attached hydrogen (secondary N) is 1. The molecule has 0 atom stereocenters. The lowest BCUT2D eigenvalue weighted by Gasteiger charge is -2.25. The number of azo groups is 1. The Morgan fingerprint density at radius 3 is 2.45 bits per heavy atom. The maximum absolute atomic E-state index is 10.4. The van der Waals surface area contributed by atoms with E-state index in [-0.39, 0.29) is 5.75 Å². The van der Waals surface area contributed by atoms with Gasteiger partial charge in [-0.05, 0) is 30.7 Å². The van der Waals surface area contributed by atoms with Gasteiger partial charge < -0.3 is 14.7 Å². The Labute approximate surface area is 182 Å². The first-order valence-electron chi connectivity index (χ1n) is 9.83. The van der Waals surface area contributed by atoms with Crippen molar-refractivity contribution in [3.63, 3.8) is 0 Å². The minimum absolute atomic E-state index is 0.187. The van der Waals surface area contributed by atoms with Gasteiger partial charge in [-0.15, -0.1) is 0 Å². The molecule has 0 fully saturated rings. The molecule has 3 rings (SSSR count). The second kappa shape index (κ2) is 8.95. The zero-order valence-electron chi connectivity index (χ0n) is 19.1. The minimum atomic E-state index is 0.187. The Bertz CT molecular complexity index is 1090. The van der Waals surface area contributed by atoms with Crippen LogP contribution in [0.15, 0.2) is 53.0 Å². The molecule has 0 saturated carbocycles. The summed E-state index contributed by atoms with van der Waals surface area (Å²) in [5.74, 6) is 1.50. The SMILES string of the molecule is COc1cc(NN(C)c2ccc(N(C)C)cc2O)c(C)cc1N=Nc1n(C)cc[n+]1C. The quantitative estimate of drug-likeness (QED) is 0.342. The Kier molecular flexibility index (Phi) is 6.33. The summed E-state index contributed by atoms with van der Waals surface area (Å²) in [5.41, 5.74) is 7.31. The Morgan fingerprint density at radius 2 is 1.87 bits per heavy atom. The fourth-order valence-corrected chi connectivity index (χ4v) is 3.17. The summed E-state index contributed by atoms with van der Waals surface area (Å²) in [6.45, 7) is 1.98. The second-order valence-corrected chi connectivity index (χ2v) is 7.60. The number of hydrazine groups is 1. The first kappa shape index (κ1) is 21.9. The summed E-state index contributed by atoms with van der Waals surface area (Å²) in [6.07, 6.45) is 3.83. The van der Waals surface area contributed by atoms with Crippen molar-refractivity contribution in [2.45, 2.75) is 6.92 Å². The molecule has 1 aromatic heterocycles. The number of anilines is 3. The van der Waals surface area contributed by atoms with Crippen molar-refractivity contribution in [1.82, 2.24) is 4.57 Å². The lowest BCUT2D eigenvalue weighted by atomic mass is 10.1. The Balaban J connectivity index is 1.86. The predicted octanol–water partition coefficient (Wildman–Crippen LogP) is 3.82. The van der Waals surface area contributed by atoms with Crippen LogP contribution >= 0.6 is 0 Å². The van der Waals surface area contributed by atoms with Gasteiger partial charge in [0.2, 0.25) is 0 Å². The molecule has 3 aromatic rings. The minimum Gasteiger partial charge on any atom is -0.506 e. The van der Waals surface area contributed by atoms with E-state index in [1.807, 2.05) is 92.9 Å². The number of methoxy groups -OCH3 is 1. The molecule has 0 aliphatic rings.